The fourth-order valence-electron chi connectivity index (χ4n) is 1.38. The summed E-state index contributed by atoms with van der Waals surface area (Å²) in [6.07, 6.45) is -0.667. The minimum Gasteiger partial charge on any atom is -0.386 e. The third-order valence-electron chi connectivity index (χ3n) is 1.90. The van der Waals surface area contributed by atoms with Gasteiger partial charge < -0.3 is 10.4 Å². The molecule has 1 saturated heterocycles. The van der Waals surface area contributed by atoms with Gasteiger partial charge in [0, 0.05) is 0 Å². The van der Waals surface area contributed by atoms with Crippen LogP contribution in [0.1, 0.15) is 6.92 Å². The van der Waals surface area contributed by atoms with Gasteiger partial charge >= 0.3 is 0 Å². The van der Waals surface area contributed by atoms with Gasteiger partial charge in [-0.15, -0.1) is 0 Å². The Kier molecular flexibility index (Phi) is 2.51. The summed E-state index contributed by atoms with van der Waals surface area (Å²) in [7, 11) is -2.95. The Hall–Kier alpha value is -0.130. The molecule has 3 N–H and O–H groups in total. The lowest BCUT2D eigenvalue weighted by Gasteiger charge is -2.08. The fraction of sp³-hybridized carbons (Fsp3) is 1.00. The molecule has 4 nitrogen and oxygen atoms in total. The zero-order chi connectivity index (χ0) is 8.48. The molecule has 5 heteroatoms. The maximum Gasteiger partial charge on any atom is 0.159 e. The van der Waals surface area contributed by atoms with Gasteiger partial charge in [-0.25, -0.2) is 8.42 Å². The van der Waals surface area contributed by atoms with E-state index in [0.717, 1.165) is 6.54 Å². The number of aliphatic hydroxyl groups is 1. The van der Waals surface area contributed by atoms with Gasteiger partial charge in [-0.2, -0.15) is 0 Å². The molecule has 0 saturated carbocycles. The highest BCUT2D eigenvalue weighted by Gasteiger charge is 2.38. The van der Waals surface area contributed by atoms with Crippen molar-refractivity contribution in [1.82, 2.24) is 0 Å². The Morgan fingerprint density at radius 3 is 2.55 bits per heavy atom. The lowest BCUT2D eigenvalue weighted by atomic mass is 10.2. The van der Waals surface area contributed by atoms with Gasteiger partial charge in [0.25, 0.3) is 0 Å². The van der Waals surface area contributed by atoms with Gasteiger partial charge in [0.1, 0.15) is 17.9 Å². The third kappa shape index (κ3) is 2.15. The summed E-state index contributed by atoms with van der Waals surface area (Å²) >= 11 is 0. The minimum absolute atomic E-state index is 0.0613. The summed E-state index contributed by atoms with van der Waals surface area (Å²) < 4.78 is 21.9. The van der Waals surface area contributed by atoms with Crippen LogP contribution in [-0.4, -0.2) is 43.7 Å². The van der Waals surface area contributed by atoms with E-state index in [2.05, 4.69) is 0 Å². The summed E-state index contributed by atoms with van der Waals surface area (Å²) in [5, 5.41) is 11.1. The van der Waals surface area contributed by atoms with Crippen LogP contribution in [0.15, 0.2) is 0 Å². The molecule has 2 atom stereocenters. The molecule has 1 aliphatic heterocycles. The zero-order valence-corrected chi connectivity index (χ0v) is 7.34. The second-order valence-electron chi connectivity index (χ2n) is 2.95. The molecule has 1 fully saturated rings. The zero-order valence-electron chi connectivity index (χ0n) is 6.53. The smallest absolute Gasteiger partial charge is 0.159 e. The van der Waals surface area contributed by atoms with E-state index in [-0.39, 0.29) is 17.5 Å². The highest BCUT2D eigenvalue weighted by molar-refractivity contribution is 7.91. The number of likely N-dealkylation sites (N-methyl/N-ethyl adjacent to an activating group) is 1. The van der Waals surface area contributed by atoms with E-state index in [4.69, 9.17) is 0 Å². The van der Waals surface area contributed by atoms with E-state index < -0.39 is 15.9 Å². The van der Waals surface area contributed by atoms with E-state index in [9.17, 15) is 13.5 Å². The normalized spacial score (nSPS) is 35.8. The summed E-state index contributed by atoms with van der Waals surface area (Å²) in [4.78, 5) is 0. The molecule has 1 aliphatic rings. The van der Waals surface area contributed by atoms with Crippen molar-refractivity contribution in [3.05, 3.63) is 0 Å². The van der Waals surface area contributed by atoms with Gasteiger partial charge in [-0.3, -0.25) is 0 Å². The maximum absolute atomic E-state index is 10.9. The van der Waals surface area contributed by atoms with E-state index in [1.54, 1.807) is 0 Å². The van der Waals surface area contributed by atoms with Crippen LogP contribution >= 0.6 is 0 Å². The molecule has 0 unspecified atom stereocenters. The Balaban J connectivity index is 2.59. The molecule has 0 bridgehead atoms. The Bertz CT molecular complexity index is 224. The molecular weight excluding hydrogens is 166 g/mol. The molecule has 0 aromatic rings. The number of nitrogens with two attached hydrogens (primary N) is 1. The van der Waals surface area contributed by atoms with Crippen LogP contribution in [0.2, 0.25) is 0 Å². The fourth-order valence-corrected chi connectivity index (χ4v) is 3.23. The van der Waals surface area contributed by atoms with Crippen molar-refractivity contribution in [3.63, 3.8) is 0 Å². The number of hydrogen-bond donors (Lipinski definition) is 2. The first kappa shape index (κ1) is 8.96. The number of hydrogen-bond acceptors (Lipinski definition) is 3. The van der Waals surface area contributed by atoms with Crippen molar-refractivity contribution in [2.24, 2.45) is 0 Å². The number of quaternary nitrogens is 1. The van der Waals surface area contributed by atoms with E-state index in [1.165, 1.54) is 0 Å². The Morgan fingerprint density at radius 2 is 2.18 bits per heavy atom. The van der Waals surface area contributed by atoms with Gasteiger partial charge in [-0.1, -0.05) is 0 Å². The van der Waals surface area contributed by atoms with Gasteiger partial charge in [0.05, 0.1) is 12.3 Å². The van der Waals surface area contributed by atoms with Crippen molar-refractivity contribution >= 4 is 9.84 Å². The number of aliphatic hydroxyl groups excluding tert-OH is 1. The van der Waals surface area contributed by atoms with Crippen LogP contribution in [0.4, 0.5) is 0 Å². The highest BCUT2D eigenvalue weighted by atomic mass is 32.2. The topological polar surface area (TPSA) is 71.0 Å². The van der Waals surface area contributed by atoms with E-state index >= 15 is 0 Å². The lowest BCUT2D eigenvalue weighted by molar-refractivity contribution is -0.687. The molecule has 0 spiro atoms. The summed E-state index contributed by atoms with van der Waals surface area (Å²) in [6, 6.07) is -0.134. The molecule has 0 amide bonds. The molecule has 66 valence electrons. The number of rotatable bonds is 2. The molecule has 1 rings (SSSR count). The lowest BCUT2D eigenvalue weighted by Crippen LogP contribution is -2.92. The predicted octanol–water partition coefficient (Wildman–Crippen LogP) is -2.27. The average molecular weight is 180 g/mol. The first-order valence-electron chi connectivity index (χ1n) is 3.77. The van der Waals surface area contributed by atoms with Crippen molar-refractivity contribution in [2.75, 3.05) is 18.1 Å². The van der Waals surface area contributed by atoms with E-state index in [1.807, 2.05) is 12.2 Å². The quantitative estimate of drug-likeness (QED) is 0.503. The van der Waals surface area contributed by atoms with Crippen LogP contribution < -0.4 is 5.32 Å². The SMILES string of the molecule is CC[NH2+][C@@H]1CS(=O)(=O)C[C@H]1O. The third-order valence-corrected chi connectivity index (χ3v) is 3.65. The van der Waals surface area contributed by atoms with Crippen LogP contribution in [0, 0.1) is 0 Å². The first-order valence-corrected chi connectivity index (χ1v) is 5.59. The first-order chi connectivity index (χ1) is 5.05. The van der Waals surface area contributed by atoms with Gasteiger partial charge in [-0.05, 0) is 6.92 Å². The molecule has 0 radical (unpaired) electrons. The maximum atomic E-state index is 10.9. The van der Waals surface area contributed by atoms with Gasteiger partial charge in [0.2, 0.25) is 0 Å². The molecule has 1 heterocycles. The summed E-state index contributed by atoms with van der Waals surface area (Å²) in [6.45, 7) is 2.76. The van der Waals surface area contributed by atoms with E-state index in [0.29, 0.717) is 0 Å². The Labute approximate surface area is 66.5 Å². The van der Waals surface area contributed by atoms with Gasteiger partial charge in [0.15, 0.2) is 9.84 Å². The Morgan fingerprint density at radius 1 is 1.55 bits per heavy atom. The van der Waals surface area contributed by atoms with Crippen molar-refractivity contribution in [1.29, 1.82) is 0 Å². The molecule has 11 heavy (non-hydrogen) atoms. The van der Waals surface area contributed by atoms with Crippen molar-refractivity contribution < 1.29 is 18.8 Å². The standard InChI is InChI=1S/C6H13NO3S/c1-2-7-5-3-11(9,10)4-6(5)8/h5-8H,2-4H2,1H3/p+1/t5-,6-/m1/s1. The molecular formula is C6H14NO3S+. The predicted molar refractivity (Wildman–Crippen MR) is 40.9 cm³/mol. The highest BCUT2D eigenvalue weighted by Crippen LogP contribution is 2.08. The minimum atomic E-state index is -2.95. The van der Waals surface area contributed by atoms with Crippen LogP contribution in [-0.2, 0) is 9.84 Å². The molecule has 0 aromatic carbocycles. The van der Waals surface area contributed by atoms with Crippen LogP contribution in [0.3, 0.4) is 0 Å². The molecule has 0 aliphatic carbocycles. The number of sulfone groups is 1. The second-order valence-corrected chi connectivity index (χ2v) is 5.11. The molecule has 0 aromatic heterocycles. The van der Waals surface area contributed by atoms with Crippen LogP contribution in [0.25, 0.3) is 0 Å². The second kappa shape index (κ2) is 3.08. The average Bonchev–Trinajstić information content (AvgIpc) is 2.07. The van der Waals surface area contributed by atoms with Crippen LogP contribution in [0.5, 0.6) is 0 Å². The summed E-state index contributed by atoms with van der Waals surface area (Å²) in [5.41, 5.74) is 0. The summed E-state index contributed by atoms with van der Waals surface area (Å²) in [5.74, 6) is 0.0656. The largest absolute Gasteiger partial charge is 0.386 e. The van der Waals surface area contributed by atoms with Crippen molar-refractivity contribution in [2.45, 2.75) is 19.1 Å². The monoisotopic (exact) mass is 180 g/mol. The van der Waals surface area contributed by atoms with Crippen molar-refractivity contribution in [3.8, 4) is 0 Å².